The molecule has 0 atom stereocenters. The van der Waals surface area contributed by atoms with Gasteiger partial charge >= 0.3 is 0 Å². The maximum absolute atomic E-state index is 13.2. The zero-order valence-electron chi connectivity index (χ0n) is 14.2. The highest BCUT2D eigenvalue weighted by molar-refractivity contribution is 7.98. The highest BCUT2D eigenvalue weighted by Crippen LogP contribution is 2.37. The van der Waals surface area contributed by atoms with Gasteiger partial charge in [-0.25, -0.2) is 14.4 Å². The molecule has 4 heterocycles. The predicted molar refractivity (Wildman–Crippen MR) is 104 cm³/mol. The van der Waals surface area contributed by atoms with Crippen molar-refractivity contribution >= 4 is 33.3 Å². The van der Waals surface area contributed by atoms with Gasteiger partial charge in [0.1, 0.15) is 17.2 Å². The van der Waals surface area contributed by atoms with Crippen LogP contribution >= 0.6 is 23.1 Å². The largest absolute Gasteiger partial charge is 0.461 e. The number of nitrogens with zero attached hydrogens (tertiary/aromatic N) is 4. The van der Waals surface area contributed by atoms with Crippen molar-refractivity contribution in [3.63, 3.8) is 0 Å². The van der Waals surface area contributed by atoms with Crippen LogP contribution in [-0.4, -0.2) is 20.1 Å². The Balaban J connectivity index is 1.39. The Morgan fingerprint density at radius 3 is 2.82 bits per heavy atom. The number of halogens is 1. The molecule has 0 aliphatic rings. The summed E-state index contributed by atoms with van der Waals surface area (Å²) in [6, 6.07) is 12.0. The SMILES string of the molecule is Fc1ccc(-c2cc3ncnc(SCc4nc(-c5ccco5)no4)c3s2)cc1. The van der Waals surface area contributed by atoms with Crippen molar-refractivity contribution in [2.45, 2.75) is 10.8 Å². The molecule has 1 aromatic carbocycles. The summed E-state index contributed by atoms with van der Waals surface area (Å²) in [5.41, 5.74) is 1.80. The third-order valence-electron chi connectivity index (χ3n) is 3.95. The fourth-order valence-electron chi connectivity index (χ4n) is 2.64. The summed E-state index contributed by atoms with van der Waals surface area (Å²) in [6.45, 7) is 0. The first-order chi connectivity index (χ1) is 13.8. The van der Waals surface area contributed by atoms with Gasteiger partial charge in [-0.15, -0.1) is 11.3 Å². The Labute approximate surface area is 166 Å². The molecule has 0 bridgehead atoms. The van der Waals surface area contributed by atoms with Crippen LogP contribution in [-0.2, 0) is 5.75 Å². The molecule has 0 N–H and O–H groups in total. The summed E-state index contributed by atoms with van der Waals surface area (Å²) in [4.78, 5) is 14.1. The average molecular weight is 410 g/mol. The van der Waals surface area contributed by atoms with E-state index in [1.54, 1.807) is 41.9 Å². The molecule has 0 aliphatic carbocycles. The lowest BCUT2D eigenvalue weighted by molar-refractivity contribution is 0.390. The van der Waals surface area contributed by atoms with Gasteiger partial charge in [0.15, 0.2) is 5.76 Å². The van der Waals surface area contributed by atoms with E-state index in [0.717, 1.165) is 25.7 Å². The van der Waals surface area contributed by atoms with E-state index in [2.05, 4.69) is 20.1 Å². The number of benzene rings is 1. The van der Waals surface area contributed by atoms with Crippen LogP contribution in [0.4, 0.5) is 4.39 Å². The first kappa shape index (κ1) is 17.1. The van der Waals surface area contributed by atoms with Crippen LogP contribution in [0.25, 0.3) is 32.2 Å². The molecular weight excluding hydrogens is 399 g/mol. The molecular formula is C19H11FN4O2S2. The maximum atomic E-state index is 13.2. The molecule has 0 aliphatic heterocycles. The summed E-state index contributed by atoms with van der Waals surface area (Å²) in [5.74, 6) is 1.69. The molecule has 5 aromatic rings. The molecule has 0 radical (unpaired) electrons. The number of thioether (sulfide) groups is 1. The van der Waals surface area contributed by atoms with E-state index in [1.165, 1.54) is 30.2 Å². The summed E-state index contributed by atoms with van der Waals surface area (Å²) in [5, 5.41) is 4.76. The van der Waals surface area contributed by atoms with Crippen molar-refractivity contribution in [1.29, 1.82) is 0 Å². The number of furan rings is 1. The number of fused-ring (bicyclic) bond motifs is 1. The summed E-state index contributed by atoms with van der Waals surface area (Å²) >= 11 is 3.07. The van der Waals surface area contributed by atoms with E-state index in [0.29, 0.717) is 23.2 Å². The zero-order chi connectivity index (χ0) is 18.9. The third-order valence-corrected chi connectivity index (χ3v) is 6.23. The fraction of sp³-hybridized carbons (Fsp3) is 0.0526. The normalized spacial score (nSPS) is 11.3. The minimum absolute atomic E-state index is 0.255. The van der Waals surface area contributed by atoms with E-state index in [-0.39, 0.29) is 5.82 Å². The van der Waals surface area contributed by atoms with Crippen LogP contribution in [0.2, 0.25) is 0 Å². The van der Waals surface area contributed by atoms with Crippen molar-refractivity contribution in [1.82, 2.24) is 20.1 Å². The lowest BCUT2D eigenvalue weighted by Crippen LogP contribution is -1.85. The number of aromatic nitrogens is 4. The molecule has 0 spiro atoms. The number of thiophene rings is 1. The van der Waals surface area contributed by atoms with Crippen LogP contribution in [0, 0.1) is 5.82 Å². The van der Waals surface area contributed by atoms with E-state index in [4.69, 9.17) is 8.94 Å². The van der Waals surface area contributed by atoms with E-state index < -0.39 is 0 Å². The molecule has 6 nitrogen and oxygen atoms in total. The number of hydrogen-bond acceptors (Lipinski definition) is 8. The van der Waals surface area contributed by atoms with Gasteiger partial charge in [0, 0.05) is 4.88 Å². The second-order valence-electron chi connectivity index (χ2n) is 5.79. The first-order valence-corrected chi connectivity index (χ1v) is 10.1. The maximum Gasteiger partial charge on any atom is 0.238 e. The van der Waals surface area contributed by atoms with Crippen molar-refractivity contribution < 1.29 is 13.3 Å². The topological polar surface area (TPSA) is 77.8 Å². The Morgan fingerprint density at radius 2 is 2.00 bits per heavy atom. The van der Waals surface area contributed by atoms with E-state index in [9.17, 15) is 4.39 Å². The Hall–Kier alpha value is -3.04. The highest BCUT2D eigenvalue weighted by Gasteiger charge is 2.14. The van der Waals surface area contributed by atoms with Crippen molar-refractivity contribution in [2.24, 2.45) is 0 Å². The van der Waals surface area contributed by atoms with Crippen molar-refractivity contribution in [3.05, 3.63) is 66.8 Å². The molecule has 4 aromatic heterocycles. The van der Waals surface area contributed by atoms with Gasteiger partial charge in [0.25, 0.3) is 0 Å². The lowest BCUT2D eigenvalue weighted by atomic mass is 10.2. The predicted octanol–water partition coefficient (Wildman–Crippen LogP) is 5.43. The summed E-state index contributed by atoms with van der Waals surface area (Å²) < 4.78 is 24.7. The monoisotopic (exact) mass is 410 g/mol. The molecule has 0 saturated heterocycles. The molecule has 0 unspecified atom stereocenters. The Kier molecular flexibility index (Phi) is 4.38. The van der Waals surface area contributed by atoms with Gasteiger partial charge in [0.2, 0.25) is 11.7 Å². The van der Waals surface area contributed by atoms with Crippen LogP contribution in [0.15, 0.2) is 69.0 Å². The second kappa shape index (κ2) is 7.17. The zero-order valence-corrected chi connectivity index (χ0v) is 15.8. The minimum Gasteiger partial charge on any atom is -0.461 e. The quantitative estimate of drug-likeness (QED) is 0.282. The van der Waals surface area contributed by atoms with Gasteiger partial charge in [-0.1, -0.05) is 29.1 Å². The van der Waals surface area contributed by atoms with Gasteiger partial charge in [0.05, 0.1) is 22.2 Å². The minimum atomic E-state index is -0.255. The average Bonchev–Trinajstić information content (AvgIpc) is 3.46. The molecule has 5 rings (SSSR count). The van der Waals surface area contributed by atoms with Crippen LogP contribution in [0.3, 0.4) is 0 Å². The lowest BCUT2D eigenvalue weighted by Gasteiger charge is -1.98. The van der Waals surface area contributed by atoms with Crippen molar-refractivity contribution in [2.75, 3.05) is 0 Å². The second-order valence-corrected chi connectivity index (χ2v) is 7.80. The smallest absolute Gasteiger partial charge is 0.238 e. The molecule has 9 heteroatoms. The summed E-state index contributed by atoms with van der Waals surface area (Å²) in [7, 11) is 0. The Bertz CT molecular complexity index is 1230. The number of hydrogen-bond donors (Lipinski definition) is 0. The first-order valence-electron chi connectivity index (χ1n) is 8.26. The third kappa shape index (κ3) is 3.30. The molecule has 0 amide bonds. The molecule has 0 fully saturated rings. The van der Waals surface area contributed by atoms with Gasteiger partial charge in [-0.2, -0.15) is 4.98 Å². The van der Waals surface area contributed by atoms with E-state index in [1.807, 2.05) is 6.07 Å². The van der Waals surface area contributed by atoms with Crippen LogP contribution in [0.5, 0.6) is 0 Å². The van der Waals surface area contributed by atoms with Crippen LogP contribution in [0.1, 0.15) is 5.89 Å². The van der Waals surface area contributed by atoms with Gasteiger partial charge < -0.3 is 8.94 Å². The standard InChI is InChI=1S/C19H11FN4O2S2/c20-12-5-3-11(4-6-12)15-8-13-17(28-15)19(22-10-21-13)27-9-16-23-18(24-26-16)14-2-1-7-25-14/h1-8,10H,9H2. The fourth-order valence-corrected chi connectivity index (χ4v) is 4.68. The van der Waals surface area contributed by atoms with Crippen molar-refractivity contribution in [3.8, 4) is 22.0 Å². The molecule has 138 valence electrons. The molecule has 0 saturated carbocycles. The highest BCUT2D eigenvalue weighted by atomic mass is 32.2. The Morgan fingerprint density at radius 1 is 1.11 bits per heavy atom. The van der Waals surface area contributed by atoms with E-state index >= 15 is 0 Å². The molecule has 28 heavy (non-hydrogen) atoms. The number of rotatable bonds is 5. The van der Waals surface area contributed by atoms with Gasteiger partial charge in [-0.3, -0.25) is 0 Å². The van der Waals surface area contributed by atoms with Crippen LogP contribution < -0.4 is 0 Å². The van der Waals surface area contributed by atoms with Gasteiger partial charge in [-0.05, 0) is 35.9 Å². The summed E-state index contributed by atoms with van der Waals surface area (Å²) in [6.07, 6.45) is 3.10.